The van der Waals surface area contributed by atoms with Crippen LogP contribution >= 0.6 is 0 Å². The predicted molar refractivity (Wildman–Crippen MR) is 84.8 cm³/mol. The number of nitrogens with zero attached hydrogens (tertiary/aromatic N) is 1. The predicted octanol–water partition coefficient (Wildman–Crippen LogP) is 1.28. The summed E-state index contributed by atoms with van der Waals surface area (Å²) in [5.74, 6) is 0.509. The number of esters is 1. The first-order valence-electron chi connectivity index (χ1n) is 7.51. The number of cyclic esters (lactones) is 1. The Morgan fingerprint density at radius 1 is 1.39 bits per heavy atom. The Balaban J connectivity index is 2.05. The summed E-state index contributed by atoms with van der Waals surface area (Å²) in [5, 5.41) is 2.77. The van der Waals surface area contributed by atoms with Crippen LogP contribution in [0.1, 0.15) is 13.3 Å². The van der Waals surface area contributed by atoms with Gasteiger partial charge in [0.1, 0.15) is 24.1 Å². The Kier molecular flexibility index (Phi) is 5.81. The standard InChI is InChI=1S/C16H22N2O5/c1-4-18-7-8-23-16(20)13(18)10-15(19)17-12-6-5-11(21-2)9-14(12)22-3/h5-6,9,13H,4,7-8,10H2,1-3H3,(H,17,19)/t13-/m0/s1. The van der Waals surface area contributed by atoms with Gasteiger partial charge in [-0.3, -0.25) is 14.5 Å². The van der Waals surface area contributed by atoms with Crippen LogP contribution in [0.2, 0.25) is 0 Å². The van der Waals surface area contributed by atoms with Gasteiger partial charge in [0.2, 0.25) is 5.91 Å². The molecule has 7 nitrogen and oxygen atoms in total. The van der Waals surface area contributed by atoms with Crippen LogP contribution < -0.4 is 14.8 Å². The molecule has 1 atom stereocenters. The van der Waals surface area contributed by atoms with Crippen molar-refractivity contribution in [2.75, 3.05) is 39.2 Å². The Morgan fingerprint density at radius 2 is 2.17 bits per heavy atom. The number of likely N-dealkylation sites (N-methyl/N-ethyl adjacent to an activating group) is 1. The molecule has 1 saturated heterocycles. The molecule has 0 bridgehead atoms. The average molecular weight is 322 g/mol. The van der Waals surface area contributed by atoms with Crippen molar-refractivity contribution in [3.05, 3.63) is 18.2 Å². The molecule has 23 heavy (non-hydrogen) atoms. The van der Waals surface area contributed by atoms with Gasteiger partial charge in [0.05, 0.1) is 26.3 Å². The molecule has 2 rings (SSSR count). The second-order valence-corrected chi connectivity index (χ2v) is 5.13. The molecule has 7 heteroatoms. The number of methoxy groups -OCH3 is 2. The van der Waals surface area contributed by atoms with Gasteiger partial charge in [-0.1, -0.05) is 6.92 Å². The third-order valence-corrected chi connectivity index (χ3v) is 3.80. The monoisotopic (exact) mass is 322 g/mol. The van der Waals surface area contributed by atoms with Gasteiger partial charge in [-0.05, 0) is 18.7 Å². The smallest absolute Gasteiger partial charge is 0.323 e. The van der Waals surface area contributed by atoms with Crippen molar-refractivity contribution in [2.24, 2.45) is 0 Å². The highest BCUT2D eigenvalue weighted by Gasteiger charge is 2.32. The fraction of sp³-hybridized carbons (Fsp3) is 0.500. The van der Waals surface area contributed by atoms with E-state index in [0.29, 0.717) is 36.9 Å². The number of carbonyl (C=O) groups is 2. The second-order valence-electron chi connectivity index (χ2n) is 5.13. The zero-order chi connectivity index (χ0) is 16.8. The molecule has 1 aliphatic heterocycles. The van der Waals surface area contributed by atoms with Crippen molar-refractivity contribution in [3.8, 4) is 11.5 Å². The molecule has 1 aliphatic rings. The van der Waals surface area contributed by atoms with E-state index in [0.717, 1.165) is 0 Å². The van der Waals surface area contributed by atoms with Gasteiger partial charge in [-0.2, -0.15) is 0 Å². The van der Waals surface area contributed by atoms with Crippen LogP contribution in [-0.2, 0) is 14.3 Å². The summed E-state index contributed by atoms with van der Waals surface area (Å²) in [6, 6.07) is 4.57. The third-order valence-electron chi connectivity index (χ3n) is 3.80. The molecule has 1 fully saturated rings. The van der Waals surface area contributed by atoms with Gasteiger partial charge in [-0.15, -0.1) is 0 Å². The van der Waals surface area contributed by atoms with E-state index in [9.17, 15) is 9.59 Å². The molecule has 0 spiro atoms. The number of anilines is 1. The summed E-state index contributed by atoms with van der Waals surface area (Å²) in [4.78, 5) is 26.1. The van der Waals surface area contributed by atoms with Crippen molar-refractivity contribution in [1.29, 1.82) is 0 Å². The number of hydrogen-bond acceptors (Lipinski definition) is 6. The van der Waals surface area contributed by atoms with E-state index in [-0.39, 0.29) is 18.3 Å². The first-order chi connectivity index (χ1) is 11.1. The average Bonchev–Trinajstić information content (AvgIpc) is 2.57. The van der Waals surface area contributed by atoms with Crippen LogP contribution in [0.15, 0.2) is 18.2 Å². The van der Waals surface area contributed by atoms with Gasteiger partial charge in [0, 0.05) is 12.6 Å². The van der Waals surface area contributed by atoms with E-state index in [4.69, 9.17) is 14.2 Å². The first kappa shape index (κ1) is 17.1. The number of morpholine rings is 1. The summed E-state index contributed by atoms with van der Waals surface area (Å²) in [7, 11) is 3.07. The SMILES string of the molecule is CCN1CCOC(=O)[C@@H]1CC(=O)Nc1ccc(OC)cc1OC. The van der Waals surface area contributed by atoms with Crippen molar-refractivity contribution in [2.45, 2.75) is 19.4 Å². The Morgan fingerprint density at radius 3 is 2.83 bits per heavy atom. The van der Waals surface area contributed by atoms with Gasteiger partial charge in [0.25, 0.3) is 0 Å². The Hall–Kier alpha value is -2.28. The lowest BCUT2D eigenvalue weighted by Crippen LogP contribution is -2.50. The fourth-order valence-corrected chi connectivity index (χ4v) is 2.53. The number of hydrogen-bond donors (Lipinski definition) is 1. The van der Waals surface area contributed by atoms with Gasteiger partial charge in [-0.25, -0.2) is 0 Å². The van der Waals surface area contributed by atoms with Crippen molar-refractivity contribution in [3.63, 3.8) is 0 Å². The summed E-state index contributed by atoms with van der Waals surface area (Å²) >= 11 is 0. The van der Waals surface area contributed by atoms with E-state index < -0.39 is 6.04 Å². The minimum Gasteiger partial charge on any atom is -0.497 e. The molecular formula is C16H22N2O5. The topological polar surface area (TPSA) is 77.1 Å². The normalized spacial score (nSPS) is 18.2. The highest BCUT2D eigenvalue weighted by atomic mass is 16.5. The van der Waals surface area contributed by atoms with Crippen LogP contribution in [0, 0.1) is 0 Å². The van der Waals surface area contributed by atoms with Gasteiger partial charge >= 0.3 is 5.97 Å². The number of ether oxygens (including phenoxy) is 3. The molecule has 1 aromatic carbocycles. The molecule has 126 valence electrons. The van der Waals surface area contributed by atoms with Crippen LogP contribution in [0.25, 0.3) is 0 Å². The molecule has 0 saturated carbocycles. The zero-order valence-electron chi connectivity index (χ0n) is 13.6. The van der Waals surface area contributed by atoms with Crippen LogP contribution in [0.5, 0.6) is 11.5 Å². The van der Waals surface area contributed by atoms with E-state index in [2.05, 4.69) is 5.32 Å². The van der Waals surface area contributed by atoms with Crippen LogP contribution in [0.3, 0.4) is 0 Å². The largest absolute Gasteiger partial charge is 0.497 e. The summed E-state index contributed by atoms with van der Waals surface area (Å²) < 4.78 is 15.4. The van der Waals surface area contributed by atoms with Crippen LogP contribution in [0.4, 0.5) is 5.69 Å². The van der Waals surface area contributed by atoms with E-state index >= 15 is 0 Å². The highest BCUT2D eigenvalue weighted by Crippen LogP contribution is 2.29. The van der Waals surface area contributed by atoms with E-state index in [1.165, 1.54) is 7.11 Å². The summed E-state index contributed by atoms with van der Waals surface area (Å²) in [6.45, 7) is 3.66. The highest BCUT2D eigenvalue weighted by molar-refractivity contribution is 5.95. The molecule has 1 heterocycles. The molecule has 0 unspecified atom stereocenters. The number of carbonyl (C=O) groups excluding carboxylic acids is 2. The molecule has 1 aromatic rings. The fourth-order valence-electron chi connectivity index (χ4n) is 2.53. The summed E-state index contributed by atoms with van der Waals surface area (Å²) in [6.07, 6.45) is 0.0435. The first-order valence-corrected chi connectivity index (χ1v) is 7.51. The maximum atomic E-state index is 12.3. The molecule has 0 aromatic heterocycles. The second kappa shape index (κ2) is 7.82. The number of amides is 1. The molecular weight excluding hydrogens is 300 g/mol. The lowest BCUT2D eigenvalue weighted by molar-refractivity contribution is -0.158. The van der Waals surface area contributed by atoms with Crippen LogP contribution in [-0.4, -0.2) is 56.7 Å². The molecule has 0 aliphatic carbocycles. The number of rotatable bonds is 6. The lowest BCUT2D eigenvalue weighted by atomic mass is 10.1. The summed E-state index contributed by atoms with van der Waals surface area (Å²) in [5.41, 5.74) is 0.533. The quantitative estimate of drug-likeness (QED) is 0.795. The lowest BCUT2D eigenvalue weighted by Gasteiger charge is -2.32. The van der Waals surface area contributed by atoms with Gasteiger partial charge < -0.3 is 19.5 Å². The van der Waals surface area contributed by atoms with Crippen molar-refractivity contribution >= 4 is 17.6 Å². The zero-order valence-corrected chi connectivity index (χ0v) is 13.6. The molecule has 0 radical (unpaired) electrons. The van der Waals surface area contributed by atoms with E-state index in [1.807, 2.05) is 11.8 Å². The molecule has 1 N–H and O–H groups in total. The maximum Gasteiger partial charge on any atom is 0.323 e. The van der Waals surface area contributed by atoms with Crippen molar-refractivity contribution < 1.29 is 23.8 Å². The van der Waals surface area contributed by atoms with Gasteiger partial charge in [0.15, 0.2) is 0 Å². The number of nitrogens with one attached hydrogen (secondary N) is 1. The molecule has 1 amide bonds. The third kappa shape index (κ3) is 4.13. The minimum absolute atomic E-state index is 0.0435. The Labute approximate surface area is 135 Å². The van der Waals surface area contributed by atoms with E-state index in [1.54, 1.807) is 25.3 Å². The Bertz CT molecular complexity index is 576. The maximum absolute atomic E-state index is 12.3. The van der Waals surface area contributed by atoms with Crippen molar-refractivity contribution in [1.82, 2.24) is 4.90 Å². The minimum atomic E-state index is -0.544. The number of benzene rings is 1.